The topological polar surface area (TPSA) is 213 Å². The van der Waals surface area contributed by atoms with Crippen LogP contribution in [-0.4, -0.2) is 93.9 Å². The molecule has 1 aromatic heterocycles. The number of carboxylic acid groups (broad SMARTS) is 1. The van der Waals surface area contributed by atoms with Crippen LogP contribution >= 0.6 is 23.1 Å². The Morgan fingerprint density at radius 2 is 2.03 bits per heavy atom. The second-order valence-electron chi connectivity index (χ2n) is 8.28. The van der Waals surface area contributed by atoms with Gasteiger partial charge in [0.1, 0.15) is 30.3 Å². The van der Waals surface area contributed by atoms with E-state index in [1.54, 1.807) is 17.5 Å². The number of thioether (sulfide) groups is 1. The van der Waals surface area contributed by atoms with E-state index in [0.29, 0.717) is 4.88 Å². The summed E-state index contributed by atoms with van der Waals surface area (Å²) in [6.07, 6.45) is 0. The summed E-state index contributed by atoms with van der Waals surface area (Å²) in [4.78, 5) is 86.9. The summed E-state index contributed by atoms with van der Waals surface area (Å²) in [7, 11) is 1.16. The molecule has 1 aromatic rings. The molecule has 16 nitrogen and oxygen atoms in total. The molecule has 39 heavy (non-hydrogen) atoms. The van der Waals surface area contributed by atoms with Crippen molar-refractivity contribution in [2.24, 2.45) is 0 Å². The molecule has 18 heteroatoms. The number of β-lactam (4-membered cyclic amide) rings is 1. The number of imide groups is 1. The van der Waals surface area contributed by atoms with Crippen molar-refractivity contribution in [3.05, 3.63) is 33.7 Å². The molecular formula is C21H22N6O10S2. The van der Waals surface area contributed by atoms with E-state index in [4.69, 9.17) is 9.47 Å². The second-order valence-corrected chi connectivity index (χ2v) is 10.3. The molecule has 0 bridgehead atoms. The Morgan fingerprint density at radius 1 is 1.28 bits per heavy atom. The van der Waals surface area contributed by atoms with Crippen molar-refractivity contribution in [1.82, 2.24) is 31.3 Å². The Bertz CT molecular complexity index is 1280. The number of amides is 7. The summed E-state index contributed by atoms with van der Waals surface area (Å²) >= 11 is 2.21. The molecule has 0 aromatic carbocycles. The van der Waals surface area contributed by atoms with Crippen LogP contribution in [0.3, 0.4) is 0 Å². The summed E-state index contributed by atoms with van der Waals surface area (Å²) in [5.74, 6) is -4.35. The molecular weight excluding hydrogens is 560 g/mol. The van der Waals surface area contributed by atoms with Crippen molar-refractivity contribution in [3.8, 4) is 0 Å². The lowest BCUT2D eigenvalue weighted by Gasteiger charge is -2.55. The highest BCUT2D eigenvalue weighted by atomic mass is 32.2. The van der Waals surface area contributed by atoms with Crippen molar-refractivity contribution in [1.29, 1.82) is 0 Å². The van der Waals surface area contributed by atoms with Crippen molar-refractivity contribution in [3.63, 3.8) is 0 Å². The van der Waals surface area contributed by atoms with Gasteiger partial charge in [0.25, 0.3) is 17.5 Å². The predicted molar refractivity (Wildman–Crippen MR) is 131 cm³/mol. The van der Waals surface area contributed by atoms with Crippen LogP contribution in [0.1, 0.15) is 17.8 Å². The minimum Gasteiger partial charge on any atom is -0.477 e. The van der Waals surface area contributed by atoms with E-state index >= 15 is 0 Å². The number of hydrogen-bond donors (Lipinski definition) is 5. The monoisotopic (exact) mass is 582 g/mol. The summed E-state index contributed by atoms with van der Waals surface area (Å²) < 4.78 is 10.3. The van der Waals surface area contributed by atoms with Gasteiger partial charge in [0.15, 0.2) is 0 Å². The smallest absolute Gasteiger partial charge is 0.352 e. The van der Waals surface area contributed by atoms with Crippen molar-refractivity contribution in [2.45, 2.75) is 24.1 Å². The first-order valence-electron chi connectivity index (χ1n) is 11.1. The minimum absolute atomic E-state index is 0.0654. The molecule has 3 aliphatic rings. The lowest BCUT2D eigenvalue weighted by molar-refractivity contribution is -0.193. The Kier molecular flexibility index (Phi) is 7.79. The Labute approximate surface area is 228 Å². The number of methoxy groups -OCH3 is 1. The number of nitrogens with one attached hydrogen (secondary N) is 4. The number of hydrazine groups is 1. The maximum atomic E-state index is 13.4. The van der Waals surface area contributed by atoms with Crippen LogP contribution in [0.25, 0.3) is 0 Å². The molecule has 5 N–H and O–H groups in total. The number of nitrogens with zero attached hydrogens (tertiary/aromatic N) is 2. The molecule has 3 aliphatic heterocycles. The zero-order valence-electron chi connectivity index (χ0n) is 20.3. The fraction of sp³-hybridized carbons (Fsp3) is 0.381. The van der Waals surface area contributed by atoms with Gasteiger partial charge < -0.3 is 25.2 Å². The number of thiophene rings is 1. The summed E-state index contributed by atoms with van der Waals surface area (Å²) in [5.41, 5.74) is 0.0172. The molecule has 4 heterocycles. The van der Waals surface area contributed by atoms with Gasteiger partial charge in [0.05, 0.1) is 0 Å². The number of hydrogen-bond acceptors (Lipinski definition) is 11. The molecule has 0 saturated carbocycles. The third kappa shape index (κ3) is 5.25. The Hall–Kier alpha value is -4.16. The van der Waals surface area contributed by atoms with Crippen LogP contribution in [-0.2, 0) is 33.4 Å². The van der Waals surface area contributed by atoms with Crippen LogP contribution in [0, 0.1) is 0 Å². The Balaban J connectivity index is 1.53. The number of carbonyl (C=O) groups excluding carboxylic acids is 6. The molecule has 2 fully saturated rings. The predicted octanol–water partition coefficient (Wildman–Crippen LogP) is -1.17. The zero-order valence-corrected chi connectivity index (χ0v) is 22.0. The van der Waals surface area contributed by atoms with Crippen molar-refractivity contribution in [2.75, 3.05) is 26.0 Å². The summed E-state index contributed by atoms with van der Waals surface area (Å²) in [6.45, 7) is 0.418. The van der Waals surface area contributed by atoms with Gasteiger partial charge in [0.2, 0.25) is 5.91 Å². The number of carbonyl (C=O) groups is 7. The van der Waals surface area contributed by atoms with Crippen LogP contribution in [0.5, 0.6) is 0 Å². The standard InChI is InChI=1S/C21H22N6O10S2/c1-9(28)37-7-10-8-39-18-21(36-2,17(33)27(18)14(10)16(31)32)24-15(30)13(11-4-3-5-38-11)23-19(34)25-26-6-12(29)22-20(26)35/h3-5,13,18H,6-8H2,1-2H3,(H,24,30)(H,31,32)(H,22,29,35)(H2,23,25,34)/t13?,18?,21-/m1/s1. The van der Waals surface area contributed by atoms with Crippen LogP contribution < -0.4 is 21.4 Å². The maximum Gasteiger partial charge on any atom is 0.352 e. The Morgan fingerprint density at radius 3 is 2.59 bits per heavy atom. The van der Waals surface area contributed by atoms with Gasteiger partial charge in [-0.25, -0.2) is 24.8 Å². The largest absolute Gasteiger partial charge is 0.477 e. The molecule has 3 atom stereocenters. The van der Waals surface area contributed by atoms with Gasteiger partial charge in [-0.15, -0.1) is 23.1 Å². The summed E-state index contributed by atoms with van der Waals surface area (Å²) in [6, 6.07) is -0.0178. The SMILES string of the molecule is CO[C@]1(NC(=O)C(NC(=O)NN2CC(=O)NC2=O)c2cccs2)C(=O)N2C(C(=O)O)=C(COC(C)=O)CSC21. The van der Waals surface area contributed by atoms with Gasteiger partial charge in [-0.05, 0) is 11.4 Å². The van der Waals surface area contributed by atoms with Crippen LogP contribution in [0.4, 0.5) is 9.59 Å². The zero-order chi connectivity index (χ0) is 28.5. The minimum atomic E-state index is -1.97. The molecule has 2 unspecified atom stereocenters. The van der Waals surface area contributed by atoms with Crippen LogP contribution in [0.2, 0.25) is 0 Å². The third-order valence-electron chi connectivity index (χ3n) is 5.79. The average molecular weight is 583 g/mol. The van der Waals surface area contributed by atoms with Gasteiger partial charge in [0, 0.05) is 30.2 Å². The van der Waals surface area contributed by atoms with Gasteiger partial charge in [-0.1, -0.05) is 6.07 Å². The first-order valence-corrected chi connectivity index (χ1v) is 13.0. The highest BCUT2D eigenvalue weighted by molar-refractivity contribution is 8.00. The van der Waals surface area contributed by atoms with Crippen molar-refractivity contribution >= 4 is 64.8 Å². The van der Waals surface area contributed by atoms with Crippen LogP contribution in [0.15, 0.2) is 28.8 Å². The lowest BCUT2D eigenvalue weighted by Crippen LogP contribution is -2.81. The molecule has 7 amide bonds. The molecule has 0 radical (unpaired) electrons. The van der Waals surface area contributed by atoms with Crippen molar-refractivity contribution < 1.29 is 48.1 Å². The highest BCUT2D eigenvalue weighted by Crippen LogP contribution is 2.46. The molecule has 4 rings (SSSR count). The highest BCUT2D eigenvalue weighted by Gasteiger charge is 2.67. The first kappa shape index (κ1) is 27.9. The second kappa shape index (κ2) is 10.9. The lowest BCUT2D eigenvalue weighted by atomic mass is 9.97. The quantitative estimate of drug-likeness (QED) is 0.101. The van der Waals surface area contributed by atoms with E-state index in [1.807, 2.05) is 5.32 Å². The summed E-state index contributed by atoms with van der Waals surface area (Å²) in [5, 5.41) is 18.0. The van der Waals surface area contributed by atoms with Gasteiger partial charge in [-0.3, -0.25) is 29.4 Å². The van der Waals surface area contributed by atoms with Gasteiger partial charge in [-0.2, -0.15) is 0 Å². The molecule has 208 valence electrons. The number of urea groups is 2. The number of aliphatic carboxylic acids is 1. The number of carboxylic acids is 1. The molecule has 0 spiro atoms. The van der Waals surface area contributed by atoms with E-state index in [1.165, 1.54) is 0 Å². The third-order valence-corrected chi connectivity index (χ3v) is 8.10. The average Bonchev–Trinajstić information content (AvgIpc) is 3.52. The van der Waals surface area contributed by atoms with E-state index < -0.39 is 65.4 Å². The number of fused-ring (bicyclic) bond motifs is 1. The fourth-order valence-electron chi connectivity index (χ4n) is 4.04. The molecule has 2 saturated heterocycles. The normalized spacial score (nSPS) is 22.9. The van der Waals surface area contributed by atoms with E-state index in [9.17, 15) is 38.7 Å². The number of esters is 1. The van der Waals surface area contributed by atoms with E-state index in [0.717, 1.165) is 47.0 Å². The fourth-order valence-corrected chi connectivity index (χ4v) is 6.23. The first-order chi connectivity index (χ1) is 18.5. The number of rotatable bonds is 9. The van der Waals surface area contributed by atoms with Gasteiger partial charge >= 0.3 is 24.0 Å². The number of ether oxygens (including phenoxy) is 2. The molecule has 0 aliphatic carbocycles. The van der Waals surface area contributed by atoms with E-state index in [-0.39, 0.29) is 23.6 Å². The maximum absolute atomic E-state index is 13.4. The van der Waals surface area contributed by atoms with E-state index in [2.05, 4.69) is 16.1 Å².